The third kappa shape index (κ3) is 15.8. The highest BCUT2D eigenvalue weighted by atomic mass is 16.5. The van der Waals surface area contributed by atoms with Gasteiger partial charge in [-0.2, -0.15) is 0 Å². The van der Waals surface area contributed by atoms with E-state index in [2.05, 4.69) is 28.2 Å². The first-order valence-corrected chi connectivity index (χ1v) is 19.8. The minimum absolute atomic E-state index is 0.147. The zero-order valence-corrected chi connectivity index (χ0v) is 33.0. The molecule has 7 N–H and O–H groups in total. The number of nitrogens with two attached hydrogens (primary N) is 1. The van der Waals surface area contributed by atoms with Gasteiger partial charge in [0.05, 0.1) is 18.1 Å². The van der Waals surface area contributed by atoms with E-state index in [1.165, 1.54) is 32.6 Å². The molecule has 2 rings (SSSR count). The number of benzene rings is 1. The van der Waals surface area contributed by atoms with Crippen molar-refractivity contribution in [2.24, 2.45) is 17.6 Å². The lowest BCUT2D eigenvalue weighted by Gasteiger charge is -2.35. The monoisotopic (exact) mass is 745 g/mol. The highest BCUT2D eigenvalue weighted by Gasteiger charge is 2.35. The van der Waals surface area contributed by atoms with Crippen molar-refractivity contribution in [2.75, 3.05) is 26.7 Å². The van der Waals surface area contributed by atoms with E-state index in [4.69, 9.17) is 10.5 Å². The normalized spacial score (nSPS) is 25.6. The summed E-state index contributed by atoms with van der Waals surface area (Å²) in [6.07, 6.45) is 9.07. The molecule has 1 saturated heterocycles. The maximum Gasteiger partial charge on any atom is 0.325 e. The van der Waals surface area contributed by atoms with Gasteiger partial charge < -0.3 is 41.7 Å². The third-order valence-electron chi connectivity index (χ3n) is 10.5. The van der Waals surface area contributed by atoms with Gasteiger partial charge in [0, 0.05) is 26.2 Å². The minimum Gasteiger partial charge on any atom is -0.460 e. The van der Waals surface area contributed by atoms with Gasteiger partial charge in [-0.15, -0.1) is 0 Å². The van der Waals surface area contributed by atoms with Crippen molar-refractivity contribution in [3.63, 3.8) is 0 Å². The molecule has 0 bridgehead atoms. The van der Waals surface area contributed by atoms with Gasteiger partial charge in [-0.1, -0.05) is 109 Å². The van der Waals surface area contributed by atoms with Gasteiger partial charge in [0.25, 0.3) is 0 Å². The first-order valence-electron chi connectivity index (χ1n) is 19.8. The summed E-state index contributed by atoms with van der Waals surface area (Å²) in [5.74, 6) is -3.77. The molecule has 1 aliphatic heterocycles. The number of esters is 1. The molecule has 8 atom stereocenters. The molecule has 0 spiro atoms. The smallest absolute Gasteiger partial charge is 0.325 e. The number of aliphatic hydroxyl groups is 1. The molecule has 13 heteroatoms. The maximum atomic E-state index is 14.3. The Morgan fingerprint density at radius 3 is 2.11 bits per heavy atom. The Hall–Kier alpha value is -3.55. The van der Waals surface area contributed by atoms with Crippen molar-refractivity contribution in [2.45, 2.75) is 148 Å². The molecular formula is C40H68N6O7. The van der Waals surface area contributed by atoms with Crippen LogP contribution in [0.5, 0.6) is 0 Å². The highest BCUT2D eigenvalue weighted by molar-refractivity contribution is 5.94. The SMILES string of the molecule is CCCCCCCCCC[C@H]1OC(=O)CNC(=O)[C@H]([C@H](C)O)NC(=O)[C@H](CN)NC(=O)[C@H]([C@H](C)CC)NC[C@H](CCc2ccccc2)N(C)C(=O)[C@@H]1C. The number of unbranched alkanes of at least 4 members (excludes halogenated alkanes) is 7. The number of aryl methyl sites for hydroxylation is 1. The number of likely N-dealkylation sites (N-methyl/N-ethyl adjacent to an activating group) is 1. The maximum absolute atomic E-state index is 14.3. The number of carbonyl (C=O) groups is 5. The number of hydrogen-bond donors (Lipinski definition) is 6. The van der Waals surface area contributed by atoms with Crippen molar-refractivity contribution in [3.05, 3.63) is 35.9 Å². The van der Waals surface area contributed by atoms with Crippen LogP contribution in [0, 0.1) is 11.8 Å². The number of hydrogen-bond acceptors (Lipinski definition) is 9. The van der Waals surface area contributed by atoms with Gasteiger partial charge in [0.1, 0.15) is 24.7 Å². The zero-order chi connectivity index (χ0) is 39.3. The van der Waals surface area contributed by atoms with Crippen molar-refractivity contribution in [1.82, 2.24) is 26.2 Å². The average Bonchev–Trinajstić information content (AvgIpc) is 3.15. The summed E-state index contributed by atoms with van der Waals surface area (Å²) in [4.78, 5) is 69.3. The first kappa shape index (κ1) is 45.6. The fourth-order valence-corrected chi connectivity index (χ4v) is 6.64. The van der Waals surface area contributed by atoms with E-state index in [9.17, 15) is 29.1 Å². The van der Waals surface area contributed by atoms with E-state index in [-0.39, 0.29) is 31.0 Å². The Bertz CT molecular complexity index is 1270. The van der Waals surface area contributed by atoms with Gasteiger partial charge in [-0.3, -0.25) is 24.0 Å². The van der Waals surface area contributed by atoms with Crippen molar-refractivity contribution in [3.8, 4) is 0 Å². The molecule has 1 aromatic carbocycles. The van der Waals surface area contributed by atoms with E-state index < -0.39 is 66.5 Å². The Kier molecular flexibility index (Phi) is 21.3. The lowest BCUT2D eigenvalue weighted by molar-refractivity contribution is -0.156. The summed E-state index contributed by atoms with van der Waals surface area (Å²) in [6, 6.07) is 6.29. The molecule has 1 fully saturated rings. The predicted octanol–water partition coefficient (Wildman–Crippen LogP) is 2.97. The summed E-state index contributed by atoms with van der Waals surface area (Å²) >= 11 is 0. The largest absolute Gasteiger partial charge is 0.460 e. The fourth-order valence-electron chi connectivity index (χ4n) is 6.64. The van der Waals surface area contributed by atoms with Crippen LogP contribution < -0.4 is 27.0 Å². The summed E-state index contributed by atoms with van der Waals surface area (Å²) in [6.45, 7) is 8.68. The van der Waals surface area contributed by atoms with E-state index in [1.54, 1.807) is 18.9 Å². The molecular weight excluding hydrogens is 676 g/mol. The second-order valence-corrected chi connectivity index (χ2v) is 14.7. The third-order valence-corrected chi connectivity index (χ3v) is 10.5. The van der Waals surface area contributed by atoms with Crippen LogP contribution in [-0.2, 0) is 35.1 Å². The van der Waals surface area contributed by atoms with Gasteiger partial charge in [0.15, 0.2) is 0 Å². The Morgan fingerprint density at radius 2 is 1.51 bits per heavy atom. The second kappa shape index (κ2) is 24.7. The summed E-state index contributed by atoms with van der Waals surface area (Å²) in [7, 11) is 1.75. The van der Waals surface area contributed by atoms with Crippen LogP contribution in [0.1, 0.15) is 111 Å². The lowest BCUT2D eigenvalue weighted by atomic mass is 9.94. The Balaban J connectivity index is 2.44. The van der Waals surface area contributed by atoms with Crippen molar-refractivity contribution < 1.29 is 33.8 Å². The summed E-state index contributed by atoms with van der Waals surface area (Å²) in [5, 5.41) is 21.4. The van der Waals surface area contributed by atoms with Crippen LogP contribution in [0.3, 0.4) is 0 Å². The number of aliphatic hydroxyl groups excluding tert-OH is 1. The van der Waals surface area contributed by atoms with Gasteiger partial charge in [0.2, 0.25) is 23.6 Å². The van der Waals surface area contributed by atoms with Crippen LogP contribution in [0.15, 0.2) is 30.3 Å². The van der Waals surface area contributed by atoms with Gasteiger partial charge in [-0.05, 0) is 44.1 Å². The predicted molar refractivity (Wildman–Crippen MR) is 206 cm³/mol. The van der Waals surface area contributed by atoms with Crippen LogP contribution in [0.25, 0.3) is 0 Å². The number of nitrogens with one attached hydrogen (secondary N) is 4. The van der Waals surface area contributed by atoms with E-state index >= 15 is 0 Å². The number of carbonyl (C=O) groups excluding carboxylic acids is 5. The van der Waals surface area contributed by atoms with Crippen LogP contribution >= 0.6 is 0 Å². The Morgan fingerprint density at radius 1 is 0.868 bits per heavy atom. The molecule has 1 aromatic rings. The molecule has 13 nitrogen and oxygen atoms in total. The molecule has 0 aromatic heterocycles. The van der Waals surface area contributed by atoms with E-state index in [0.717, 1.165) is 31.2 Å². The average molecular weight is 745 g/mol. The molecule has 1 heterocycles. The molecule has 0 aliphatic carbocycles. The number of ether oxygens (including phenoxy) is 1. The molecule has 300 valence electrons. The topological polar surface area (TPSA) is 192 Å². The second-order valence-electron chi connectivity index (χ2n) is 14.7. The molecule has 4 amide bonds. The van der Waals surface area contributed by atoms with Gasteiger partial charge >= 0.3 is 5.97 Å². The van der Waals surface area contributed by atoms with E-state index in [1.807, 2.05) is 44.2 Å². The number of rotatable bonds is 16. The molecule has 0 saturated carbocycles. The lowest BCUT2D eigenvalue weighted by Crippen LogP contribution is -2.61. The standard InChI is InChI=1S/C40H68N6O7/c1-7-9-10-11-12-13-14-18-21-33-28(4)40(52)46(6)31(23-22-30-19-16-15-17-20-30)25-42-35(27(3)8-2)39(51)44-32(24-41)37(49)45-36(29(5)47)38(50)43-26-34(48)53-33/h15-17,19-20,27-29,31-33,35-36,42,47H,7-14,18,21-26,41H2,1-6H3,(H,43,50)(H,44,51)(H,45,49)/t27-,28-,29+,31+,32+,33-,35+,36+/m1/s1. The van der Waals surface area contributed by atoms with Crippen molar-refractivity contribution in [1.29, 1.82) is 0 Å². The number of nitrogens with zero attached hydrogens (tertiary/aromatic N) is 1. The van der Waals surface area contributed by atoms with E-state index in [0.29, 0.717) is 25.7 Å². The number of amides is 4. The first-order chi connectivity index (χ1) is 25.3. The molecule has 1 aliphatic rings. The quantitative estimate of drug-likeness (QED) is 0.109. The molecule has 53 heavy (non-hydrogen) atoms. The molecule has 0 radical (unpaired) electrons. The van der Waals surface area contributed by atoms with Crippen LogP contribution in [0.2, 0.25) is 0 Å². The highest BCUT2D eigenvalue weighted by Crippen LogP contribution is 2.22. The van der Waals surface area contributed by atoms with Crippen molar-refractivity contribution >= 4 is 29.6 Å². The van der Waals surface area contributed by atoms with Crippen LogP contribution in [0.4, 0.5) is 0 Å². The van der Waals surface area contributed by atoms with Gasteiger partial charge in [-0.25, -0.2) is 0 Å². The summed E-state index contributed by atoms with van der Waals surface area (Å²) in [5.41, 5.74) is 7.02. The zero-order valence-electron chi connectivity index (χ0n) is 33.0. The number of cyclic esters (lactones) is 1. The fraction of sp³-hybridized carbons (Fsp3) is 0.725. The molecule has 0 unspecified atom stereocenters. The minimum atomic E-state index is -1.43. The summed E-state index contributed by atoms with van der Waals surface area (Å²) < 4.78 is 5.91. The van der Waals surface area contributed by atoms with Crippen LogP contribution in [-0.4, -0.2) is 103 Å². The Labute approximate surface area is 317 Å².